The van der Waals surface area contributed by atoms with Crippen molar-refractivity contribution in [3.05, 3.63) is 41.9 Å². The van der Waals surface area contributed by atoms with Crippen LogP contribution in [0.25, 0.3) is 11.5 Å². The largest absolute Gasteiger partial charge is 0.493 e. The van der Waals surface area contributed by atoms with Crippen LogP contribution in [0.2, 0.25) is 0 Å². The van der Waals surface area contributed by atoms with Gasteiger partial charge in [0.25, 0.3) is 11.8 Å². The fourth-order valence-electron chi connectivity index (χ4n) is 2.26. The van der Waals surface area contributed by atoms with Gasteiger partial charge in [-0.05, 0) is 32.0 Å². The van der Waals surface area contributed by atoms with Crippen LogP contribution in [0.15, 0.2) is 39.2 Å². The molecule has 8 nitrogen and oxygen atoms in total. The van der Waals surface area contributed by atoms with Gasteiger partial charge in [0.1, 0.15) is 11.5 Å². The Bertz CT molecular complexity index is 884. The molecule has 0 bridgehead atoms. The third-order valence-corrected chi connectivity index (χ3v) is 3.37. The number of amides is 1. The average Bonchev–Trinajstić information content (AvgIpc) is 3.19. The van der Waals surface area contributed by atoms with E-state index in [0.717, 1.165) is 5.76 Å². The van der Waals surface area contributed by atoms with Crippen LogP contribution in [0.5, 0.6) is 11.5 Å². The Morgan fingerprint density at radius 1 is 1.16 bits per heavy atom. The highest BCUT2D eigenvalue weighted by molar-refractivity contribution is 5.89. The molecule has 0 saturated heterocycles. The Kier molecular flexibility index (Phi) is 4.69. The van der Waals surface area contributed by atoms with Gasteiger partial charge in [0, 0.05) is 0 Å². The van der Waals surface area contributed by atoms with E-state index in [1.165, 1.54) is 7.11 Å². The lowest BCUT2D eigenvalue weighted by Crippen LogP contribution is -2.20. The SMILES string of the molecule is COc1ccccc1OCC(=O)Nc1nnc(-c2cc(C)oc2C)o1. The average molecular weight is 343 g/mol. The van der Waals surface area contributed by atoms with Gasteiger partial charge in [0.2, 0.25) is 0 Å². The van der Waals surface area contributed by atoms with Crippen molar-refractivity contribution >= 4 is 11.9 Å². The number of carbonyl (C=O) groups is 1. The number of nitrogens with zero attached hydrogens (tertiary/aromatic N) is 2. The van der Waals surface area contributed by atoms with Crippen molar-refractivity contribution in [3.8, 4) is 23.0 Å². The van der Waals surface area contributed by atoms with Gasteiger partial charge in [0.05, 0.1) is 12.7 Å². The highest BCUT2D eigenvalue weighted by Gasteiger charge is 2.16. The van der Waals surface area contributed by atoms with Crippen LogP contribution < -0.4 is 14.8 Å². The Morgan fingerprint density at radius 3 is 2.60 bits per heavy atom. The maximum Gasteiger partial charge on any atom is 0.322 e. The first-order chi connectivity index (χ1) is 12.1. The summed E-state index contributed by atoms with van der Waals surface area (Å²) in [5, 5.41) is 10.2. The molecule has 130 valence electrons. The first kappa shape index (κ1) is 16.6. The van der Waals surface area contributed by atoms with Crippen molar-refractivity contribution < 1.29 is 23.1 Å². The fraction of sp³-hybridized carbons (Fsp3) is 0.235. The van der Waals surface area contributed by atoms with Gasteiger partial charge in [-0.15, -0.1) is 5.10 Å². The molecule has 25 heavy (non-hydrogen) atoms. The molecule has 0 aliphatic heterocycles. The van der Waals surface area contributed by atoms with Crippen LogP contribution in [-0.4, -0.2) is 29.8 Å². The molecule has 1 aromatic carbocycles. The molecular formula is C17H17N3O5. The minimum Gasteiger partial charge on any atom is -0.493 e. The summed E-state index contributed by atoms with van der Waals surface area (Å²) in [6.07, 6.45) is 0. The molecule has 0 spiro atoms. The summed E-state index contributed by atoms with van der Waals surface area (Å²) in [4.78, 5) is 12.0. The second kappa shape index (κ2) is 7.08. The number of rotatable bonds is 6. The van der Waals surface area contributed by atoms with Crippen molar-refractivity contribution in [3.63, 3.8) is 0 Å². The number of furan rings is 1. The summed E-state index contributed by atoms with van der Waals surface area (Å²) in [6, 6.07) is 8.83. The van der Waals surface area contributed by atoms with E-state index in [0.29, 0.717) is 22.8 Å². The number of para-hydroxylation sites is 2. The summed E-state index contributed by atoms with van der Waals surface area (Å²) in [5.74, 6) is 2.26. The molecule has 2 aromatic heterocycles. The van der Waals surface area contributed by atoms with Gasteiger partial charge < -0.3 is 18.3 Å². The van der Waals surface area contributed by atoms with Crippen LogP contribution >= 0.6 is 0 Å². The summed E-state index contributed by atoms with van der Waals surface area (Å²) in [6.45, 7) is 3.40. The topological polar surface area (TPSA) is 99.6 Å². The number of nitrogens with one attached hydrogen (secondary N) is 1. The Morgan fingerprint density at radius 2 is 1.92 bits per heavy atom. The van der Waals surface area contributed by atoms with Gasteiger partial charge in [-0.25, -0.2) is 0 Å². The molecular weight excluding hydrogens is 326 g/mol. The summed E-state index contributed by atoms with van der Waals surface area (Å²) < 4.78 is 21.4. The maximum absolute atomic E-state index is 12.0. The lowest BCUT2D eigenvalue weighted by atomic mass is 10.2. The van der Waals surface area contributed by atoms with E-state index in [9.17, 15) is 4.79 Å². The number of carbonyl (C=O) groups excluding carboxylic acids is 1. The molecule has 1 amide bonds. The van der Waals surface area contributed by atoms with Gasteiger partial charge in [0.15, 0.2) is 18.1 Å². The fourth-order valence-corrected chi connectivity index (χ4v) is 2.26. The maximum atomic E-state index is 12.0. The summed E-state index contributed by atoms with van der Waals surface area (Å²) in [5.41, 5.74) is 0.691. The van der Waals surface area contributed by atoms with E-state index in [1.807, 2.05) is 13.0 Å². The molecule has 0 saturated carbocycles. The van der Waals surface area contributed by atoms with E-state index in [4.69, 9.17) is 18.3 Å². The van der Waals surface area contributed by atoms with Gasteiger partial charge in [-0.1, -0.05) is 17.2 Å². The second-order valence-electron chi connectivity index (χ2n) is 5.23. The number of methoxy groups -OCH3 is 1. The van der Waals surface area contributed by atoms with Crippen LogP contribution in [-0.2, 0) is 4.79 Å². The molecule has 8 heteroatoms. The molecule has 0 atom stereocenters. The monoisotopic (exact) mass is 343 g/mol. The van der Waals surface area contributed by atoms with E-state index >= 15 is 0 Å². The van der Waals surface area contributed by atoms with E-state index in [-0.39, 0.29) is 18.5 Å². The van der Waals surface area contributed by atoms with Gasteiger partial charge in [-0.2, -0.15) is 0 Å². The van der Waals surface area contributed by atoms with Crippen molar-refractivity contribution in [2.45, 2.75) is 13.8 Å². The molecule has 0 aliphatic carbocycles. The van der Waals surface area contributed by atoms with Gasteiger partial charge >= 0.3 is 6.01 Å². The number of ether oxygens (including phenoxy) is 2. The number of anilines is 1. The lowest BCUT2D eigenvalue weighted by Gasteiger charge is -2.09. The molecule has 0 radical (unpaired) electrons. The van der Waals surface area contributed by atoms with Crippen molar-refractivity contribution in [1.29, 1.82) is 0 Å². The molecule has 0 fully saturated rings. The van der Waals surface area contributed by atoms with E-state index < -0.39 is 5.91 Å². The minimum absolute atomic E-state index is 0.0121. The molecule has 0 unspecified atom stereocenters. The van der Waals surface area contributed by atoms with E-state index in [2.05, 4.69) is 15.5 Å². The lowest BCUT2D eigenvalue weighted by molar-refractivity contribution is -0.118. The number of hydrogen-bond donors (Lipinski definition) is 1. The number of aryl methyl sites for hydroxylation is 2. The zero-order chi connectivity index (χ0) is 17.8. The minimum atomic E-state index is -0.429. The van der Waals surface area contributed by atoms with Crippen LogP contribution in [0.3, 0.4) is 0 Å². The highest BCUT2D eigenvalue weighted by atomic mass is 16.5. The highest BCUT2D eigenvalue weighted by Crippen LogP contribution is 2.27. The molecule has 3 rings (SSSR count). The zero-order valence-corrected chi connectivity index (χ0v) is 14.0. The number of benzene rings is 1. The smallest absolute Gasteiger partial charge is 0.322 e. The summed E-state index contributed by atoms with van der Waals surface area (Å²) >= 11 is 0. The third-order valence-electron chi connectivity index (χ3n) is 3.37. The predicted octanol–water partition coefficient (Wildman–Crippen LogP) is 2.97. The Labute approximate surface area is 143 Å². The van der Waals surface area contributed by atoms with Crippen LogP contribution in [0.4, 0.5) is 6.01 Å². The van der Waals surface area contributed by atoms with E-state index in [1.54, 1.807) is 31.2 Å². The van der Waals surface area contributed by atoms with Crippen LogP contribution in [0.1, 0.15) is 11.5 Å². The number of aromatic nitrogens is 2. The third kappa shape index (κ3) is 3.79. The van der Waals surface area contributed by atoms with Crippen molar-refractivity contribution in [1.82, 2.24) is 10.2 Å². The first-order valence-electron chi connectivity index (χ1n) is 7.53. The molecule has 3 aromatic rings. The Balaban J connectivity index is 1.61. The Hall–Kier alpha value is -3.29. The van der Waals surface area contributed by atoms with Crippen LogP contribution in [0, 0.1) is 13.8 Å². The number of hydrogen-bond acceptors (Lipinski definition) is 7. The molecule has 0 aliphatic rings. The molecule has 2 heterocycles. The van der Waals surface area contributed by atoms with Crippen molar-refractivity contribution in [2.24, 2.45) is 0 Å². The molecule has 1 N–H and O–H groups in total. The second-order valence-corrected chi connectivity index (χ2v) is 5.23. The zero-order valence-electron chi connectivity index (χ0n) is 14.0. The van der Waals surface area contributed by atoms with Gasteiger partial charge in [-0.3, -0.25) is 10.1 Å². The standard InChI is InChI=1S/C17H17N3O5/c1-10-8-12(11(2)24-10)16-19-20-17(25-16)18-15(21)9-23-14-7-5-4-6-13(14)22-3/h4-8H,9H2,1-3H3,(H,18,20,21). The predicted molar refractivity (Wildman–Crippen MR) is 88.6 cm³/mol. The quantitative estimate of drug-likeness (QED) is 0.734. The normalized spacial score (nSPS) is 10.5. The summed E-state index contributed by atoms with van der Waals surface area (Å²) in [7, 11) is 1.53. The van der Waals surface area contributed by atoms with Crippen molar-refractivity contribution in [2.75, 3.05) is 19.0 Å². The first-order valence-corrected chi connectivity index (χ1v) is 7.53.